The van der Waals surface area contributed by atoms with Crippen LogP contribution in [0.4, 0.5) is 0 Å². The lowest BCUT2D eigenvalue weighted by atomic mass is 9.65. The Morgan fingerprint density at radius 1 is 1.15 bits per heavy atom. The van der Waals surface area contributed by atoms with Crippen molar-refractivity contribution in [3.05, 3.63) is 0 Å². The molecule has 3 nitrogen and oxygen atoms in total. The number of carbonyl (C=O) groups is 1. The number of carbonyl (C=O) groups excluding carboxylic acids is 1. The van der Waals surface area contributed by atoms with E-state index < -0.39 is 5.54 Å². The molecule has 1 aliphatic heterocycles. The second-order valence-electron chi connectivity index (χ2n) is 8.51. The maximum atomic E-state index is 12.9. The number of halogens is 1. The summed E-state index contributed by atoms with van der Waals surface area (Å²) >= 11 is 0. The molecule has 0 aromatic rings. The Balaban J connectivity index is 0.00000147. The average Bonchev–Trinajstić information content (AvgIpc) is 2.79. The van der Waals surface area contributed by atoms with Gasteiger partial charge in [0.1, 0.15) is 0 Å². The van der Waals surface area contributed by atoms with Crippen molar-refractivity contribution in [1.82, 2.24) is 4.90 Å². The van der Waals surface area contributed by atoms with Crippen LogP contribution >= 0.6 is 12.4 Å². The quantitative estimate of drug-likeness (QED) is 0.809. The van der Waals surface area contributed by atoms with Crippen LogP contribution in [0.2, 0.25) is 0 Å². The largest absolute Gasteiger partial charge is 0.338 e. The van der Waals surface area contributed by atoms with Gasteiger partial charge in [-0.2, -0.15) is 0 Å². The minimum Gasteiger partial charge on any atom is -0.338 e. The second-order valence-corrected chi connectivity index (χ2v) is 8.51. The number of fused-ring (bicyclic) bond motifs is 2. The molecule has 1 amide bonds. The summed E-state index contributed by atoms with van der Waals surface area (Å²) in [4.78, 5) is 15.0. The first-order valence-corrected chi connectivity index (χ1v) is 7.83. The molecule has 0 aromatic heterocycles. The number of hydrogen-bond acceptors (Lipinski definition) is 2. The lowest BCUT2D eigenvalue weighted by Gasteiger charge is -2.40. The number of likely N-dealkylation sites (tertiary alicyclic amines) is 1. The first-order valence-electron chi connectivity index (χ1n) is 7.83. The van der Waals surface area contributed by atoms with E-state index in [0.717, 1.165) is 38.6 Å². The summed E-state index contributed by atoms with van der Waals surface area (Å²) < 4.78 is 0. The van der Waals surface area contributed by atoms with E-state index >= 15 is 0 Å². The van der Waals surface area contributed by atoms with Crippen LogP contribution in [0.3, 0.4) is 0 Å². The average molecular weight is 301 g/mol. The number of nitrogens with two attached hydrogens (primary N) is 1. The summed E-state index contributed by atoms with van der Waals surface area (Å²) in [5, 5.41) is 0. The lowest BCUT2D eigenvalue weighted by Crippen LogP contribution is -2.55. The number of rotatable bonds is 1. The molecule has 3 aliphatic rings. The fourth-order valence-corrected chi connectivity index (χ4v) is 5.20. The molecule has 3 rings (SSSR count). The Morgan fingerprint density at radius 3 is 2.35 bits per heavy atom. The van der Waals surface area contributed by atoms with Crippen LogP contribution < -0.4 is 5.73 Å². The molecule has 2 saturated carbocycles. The summed E-state index contributed by atoms with van der Waals surface area (Å²) in [6.07, 6.45) is 7.55. The summed E-state index contributed by atoms with van der Waals surface area (Å²) in [7, 11) is 0. The maximum Gasteiger partial charge on any atom is 0.242 e. The molecule has 2 N–H and O–H groups in total. The number of nitrogens with zero attached hydrogens (tertiary/aromatic N) is 1. The van der Waals surface area contributed by atoms with E-state index in [2.05, 4.69) is 25.7 Å². The van der Waals surface area contributed by atoms with Crippen molar-refractivity contribution in [3.8, 4) is 0 Å². The molecule has 0 spiro atoms. The van der Waals surface area contributed by atoms with Gasteiger partial charge in [0.25, 0.3) is 0 Å². The second kappa shape index (κ2) is 4.88. The molecule has 2 bridgehead atoms. The summed E-state index contributed by atoms with van der Waals surface area (Å²) in [5.41, 5.74) is 6.52. The predicted octanol–water partition coefficient (Wildman–Crippen LogP) is 3.11. The van der Waals surface area contributed by atoms with Gasteiger partial charge in [-0.1, -0.05) is 33.6 Å². The Kier molecular flexibility index (Phi) is 3.92. The third-order valence-corrected chi connectivity index (χ3v) is 5.60. The van der Waals surface area contributed by atoms with Gasteiger partial charge >= 0.3 is 0 Å². The molecule has 1 saturated heterocycles. The van der Waals surface area contributed by atoms with Crippen LogP contribution in [0.15, 0.2) is 0 Å². The lowest BCUT2D eigenvalue weighted by molar-refractivity contribution is -0.138. The minimum absolute atomic E-state index is 0. The Bertz CT molecular complexity index is 403. The van der Waals surface area contributed by atoms with Crippen LogP contribution in [-0.2, 0) is 4.79 Å². The van der Waals surface area contributed by atoms with E-state index in [4.69, 9.17) is 5.73 Å². The standard InChI is InChI=1S/C16H28N2O.ClH/c1-14(2)8-12-9-15(3,10-14)11-18(12)13(19)16(17)6-4-5-7-16;/h12H,4-11,17H2,1-3H3;1H. The van der Waals surface area contributed by atoms with E-state index in [9.17, 15) is 4.79 Å². The molecule has 0 aromatic carbocycles. The molecule has 1 heterocycles. The molecule has 4 heteroatoms. The SMILES string of the molecule is CC1(C)CC2CC(C)(CN2C(=O)C2(N)CCCC2)C1.Cl. The summed E-state index contributed by atoms with van der Waals surface area (Å²) in [6.45, 7) is 7.98. The molecule has 3 fully saturated rings. The fraction of sp³-hybridized carbons (Fsp3) is 0.938. The molecule has 2 aliphatic carbocycles. The van der Waals surface area contributed by atoms with Crippen molar-refractivity contribution in [2.45, 2.75) is 77.3 Å². The predicted molar refractivity (Wildman–Crippen MR) is 83.9 cm³/mol. The van der Waals surface area contributed by atoms with Crippen LogP contribution in [0.5, 0.6) is 0 Å². The Labute approximate surface area is 129 Å². The minimum atomic E-state index is -0.544. The van der Waals surface area contributed by atoms with E-state index in [-0.39, 0.29) is 18.3 Å². The van der Waals surface area contributed by atoms with Gasteiger partial charge in [-0.3, -0.25) is 4.79 Å². The summed E-state index contributed by atoms with van der Waals surface area (Å²) in [5.74, 6) is 0.247. The van der Waals surface area contributed by atoms with Crippen LogP contribution in [0.1, 0.15) is 65.7 Å². The molecular weight excluding hydrogens is 272 g/mol. The van der Waals surface area contributed by atoms with Crippen molar-refractivity contribution in [2.24, 2.45) is 16.6 Å². The Morgan fingerprint density at radius 2 is 1.75 bits per heavy atom. The van der Waals surface area contributed by atoms with Crippen molar-refractivity contribution < 1.29 is 4.79 Å². The van der Waals surface area contributed by atoms with Crippen LogP contribution in [0, 0.1) is 10.8 Å². The van der Waals surface area contributed by atoms with Gasteiger partial charge in [0.05, 0.1) is 5.54 Å². The zero-order valence-corrected chi connectivity index (χ0v) is 13.9. The van der Waals surface area contributed by atoms with Gasteiger partial charge in [-0.05, 0) is 42.9 Å². The molecule has 2 unspecified atom stereocenters. The smallest absolute Gasteiger partial charge is 0.242 e. The normalized spacial score (nSPS) is 37.6. The molecular formula is C16H29ClN2O. The molecule has 20 heavy (non-hydrogen) atoms. The van der Waals surface area contributed by atoms with E-state index in [0.29, 0.717) is 16.9 Å². The Hall–Kier alpha value is -0.280. The highest BCUT2D eigenvalue weighted by Crippen LogP contribution is 2.53. The van der Waals surface area contributed by atoms with Gasteiger partial charge in [0.15, 0.2) is 0 Å². The third kappa shape index (κ3) is 2.59. The first-order chi connectivity index (χ1) is 8.73. The zero-order valence-electron chi connectivity index (χ0n) is 13.1. The van der Waals surface area contributed by atoms with Gasteiger partial charge in [-0.15, -0.1) is 12.4 Å². The van der Waals surface area contributed by atoms with Crippen molar-refractivity contribution in [2.75, 3.05) is 6.54 Å². The number of hydrogen-bond donors (Lipinski definition) is 1. The molecule has 116 valence electrons. The van der Waals surface area contributed by atoms with E-state index in [1.54, 1.807) is 0 Å². The maximum absolute atomic E-state index is 12.9. The van der Waals surface area contributed by atoms with Gasteiger partial charge in [0, 0.05) is 12.6 Å². The van der Waals surface area contributed by atoms with Crippen LogP contribution in [-0.4, -0.2) is 28.9 Å². The first kappa shape index (κ1) is 16.1. The topological polar surface area (TPSA) is 46.3 Å². The highest BCUT2D eigenvalue weighted by Gasteiger charge is 2.53. The van der Waals surface area contributed by atoms with Gasteiger partial charge in [0.2, 0.25) is 5.91 Å². The zero-order chi connectivity index (χ0) is 13.9. The van der Waals surface area contributed by atoms with Crippen molar-refractivity contribution in [3.63, 3.8) is 0 Å². The fourth-order valence-electron chi connectivity index (χ4n) is 5.20. The van der Waals surface area contributed by atoms with Crippen molar-refractivity contribution in [1.29, 1.82) is 0 Å². The van der Waals surface area contributed by atoms with Gasteiger partial charge in [-0.25, -0.2) is 0 Å². The van der Waals surface area contributed by atoms with Crippen molar-refractivity contribution >= 4 is 18.3 Å². The van der Waals surface area contributed by atoms with Crippen LogP contribution in [0.25, 0.3) is 0 Å². The summed E-state index contributed by atoms with van der Waals surface area (Å²) in [6, 6.07) is 0.433. The highest BCUT2D eigenvalue weighted by atomic mass is 35.5. The van der Waals surface area contributed by atoms with E-state index in [1.807, 2.05) is 0 Å². The third-order valence-electron chi connectivity index (χ3n) is 5.60. The highest BCUT2D eigenvalue weighted by molar-refractivity contribution is 5.87. The number of amides is 1. The van der Waals surface area contributed by atoms with Gasteiger partial charge < -0.3 is 10.6 Å². The molecule has 0 radical (unpaired) electrons. The van der Waals surface area contributed by atoms with E-state index in [1.165, 1.54) is 12.8 Å². The molecule has 2 atom stereocenters. The monoisotopic (exact) mass is 300 g/mol.